The number of hydrogen-bond acceptors (Lipinski definition) is 3. The van der Waals surface area contributed by atoms with Gasteiger partial charge in [-0.05, 0) is 50.5 Å². The normalized spacial score (nSPS) is 15.9. The predicted molar refractivity (Wildman–Crippen MR) is 134 cm³/mol. The molecule has 0 heterocycles. The summed E-state index contributed by atoms with van der Waals surface area (Å²) < 4.78 is 0. The van der Waals surface area contributed by atoms with Crippen molar-refractivity contribution in [3.63, 3.8) is 0 Å². The second-order valence-corrected chi connectivity index (χ2v) is 9.73. The molecule has 5 heteroatoms. The van der Waals surface area contributed by atoms with Crippen molar-refractivity contribution in [2.24, 2.45) is 17.8 Å². The molecule has 0 aliphatic heterocycles. The Bertz CT molecular complexity index is 717. The molecule has 0 fully saturated rings. The highest BCUT2D eigenvalue weighted by Crippen LogP contribution is 2.14. The molecule has 32 heavy (non-hydrogen) atoms. The molecule has 5 nitrogen and oxygen atoms in total. The minimum atomic E-state index is -0.560. The largest absolute Gasteiger partial charge is 0.385 e. The summed E-state index contributed by atoms with van der Waals surface area (Å²) in [7, 11) is 0. The van der Waals surface area contributed by atoms with E-state index < -0.39 is 6.04 Å². The fourth-order valence-corrected chi connectivity index (χ4v) is 3.75. The van der Waals surface area contributed by atoms with Gasteiger partial charge < -0.3 is 16.0 Å². The third kappa shape index (κ3) is 9.88. The highest BCUT2D eigenvalue weighted by Gasteiger charge is 2.29. The number of aryl methyl sites for hydroxylation is 1. The fourth-order valence-electron chi connectivity index (χ4n) is 3.75. The Morgan fingerprint density at radius 3 is 2.09 bits per heavy atom. The van der Waals surface area contributed by atoms with Gasteiger partial charge in [-0.25, -0.2) is 0 Å². The van der Waals surface area contributed by atoms with Crippen LogP contribution in [0.5, 0.6) is 0 Å². The van der Waals surface area contributed by atoms with Gasteiger partial charge in [-0.15, -0.1) is 0 Å². The van der Waals surface area contributed by atoms with Crippen LogP contribution in [0.4, 0.5) is 0 Å². The Balaban J connectivity index is 2.66. The quantitative estimate of drug-likeness (QED) is 0.386. The van der Waals surface area contributed by atoms with Crippen LogP contribution in [0.2, 0.25) is 0 Å². The molecule has 0 aromatic heterocycles. The maximum Gasteiger partial charge on any atom is 0.243 e. The van der Waals surface area contributed by atoms with Crippen molar-refractivity contribution in [2.75, 3.05) is 0 Å². The Hall–Kier alpha value is -2.30. The van der Waals surface area contributed by atoms with E-state index in [-0.39, 0.29) is 35.7 Å². The van der Waals surface area contributed by atoms with Gasteiger partial charge in [-0.1, -0.05) is 78.0 Å². The van der Waals surface area contributed by atoms with E-state index in [9.17, 15) is 9.59 Å². The van der Waals surface area contributed by atoms with Gasteiger partial charge in [0.15, 0.2) is 0 Å². The summed E-state index contributed by atoms with van der Waals surface area (Å²) in [6.45, 7) is 18.5. The minimum absolute atomic E-state index is 0.0357. The Morgan fingerprint density at radius 2 is 1.53 bits per heavy atom. The summed E-state index contributed by atoms with van der Waals surface area (Å²) in [5.74, 6) is 0.226. The van der Waals surface area contributed by atoms with Crippen LogP contribution in [0.3, 0.4) is 0 Å². The van der Waals surface area contributed by atoms with Gasteiger partial charge in [-0.2, -0.15) is 0 Å². The maximum atomic E-state index is 13.1. The predicted octanol–water partition coefficient (Wildman–Crippen LogP) is 4.83. The molecule has 1 aromatic rings. The number of nitrogens with one attached hydrogen (secondary N) is 3. The molecule has 2 amide bonds. The molecule has 3 N–H and O–H groups in total. The summed E-state index contributed by atoms with van der Waals surface area (Å²) in [5, 5.41) is 9.45. The van der Waals surface area contributed by atoms with Crippen LogP contribution in [-0.4, -0.2) is 29.9 Å². The fraction of sp³-hybridized carbons (Fsp3) is 0.630. The van der Waals surface area contributed by atoms with Crippen molar-refractivity contribution in [3.8, 4) is 0 Å². The first-order valence-corrected chi connectivity index (χ1v) is 12.1. The van der Waals surface area contributed by atoms with Crippen LogP contribution in [0, 0.1) is 17.8 Å². The van der Waals surface area contributed by atoms with Gasteiger partial charge >= 0.3 is 0 Å². The first kappa shape index (κ1) is 27.7. The Kier molecular flexibility index (Phi) is 12.1. The van der Waals surface area contributed by atoms with E-state index in [1.807, 2.05) is 45.9 Å². The molecule has 0 saturated carbocycles. The topological polar surface area (TPSA) is 70.2 Å². The summed E-state index contributed by atoms with van der Waals surface area (Å²) in [4.78, 5) is 25.9. The van der Waals surface area contributed by atoms with E-state index in [1.54, 1.807) is 0 Å². The van der Waals surface area contributed by atoms with Crippen molar-refractivity contribution in [2.45, 2.75) is 92.3 Å². The third-order valence-electron chi connectivity index (χ3n) is 6.09. The highest BCUT2D eigenvalue weighted by atomic mass is 16.2. The molecule has 1 rings (SSSR count). The second kappa shape index (κ2) is 14.0. The van der Waals surface area contributed by atoms with Gasteiger partial charge in [0.2, 0.25) is 11.8 Å². The summed E-state index contributed by atoms with van der Waals surface area (Å²) in [6.07, 6.45) is 3.42. The zero-order valence-corrected chi connectivity index (χ0v) is 21.2. The highest BCUT2D eigenvalue weighted by molar-refractivity contribution is 5.88. The Labute approximate surface area is 195 Å². The van der Waals surface area contributed by atoms with E-state index in [2.05, 4.69) is 55.4 Å². The van der Waals surface area contributed by atoms with Crippen molar-refractivity contribution < 1.29 is 9.59 Å². The molecule has 0 aliphatic rings. The van der Waals surface area contributed by atoms with Gasteiger partial charge in [-0.3, -0.25) is 9.59 Å². The molecular weight excluding hydrogens is 398 g/mol. The minimum Gasteiger partial charge on any atom is -0.385 e. The molecule has 180 valence electrons. The van der Waals surface area contributed by atoms with Crippen molar-refractivity contribution >= 4 is 11.8 Å². The lowest BCUT2D eigenvalue weighted by atomic mass is 9.95. The average molecular weight is 444 g/mol. The molecule has 5 atom stereocenters. The summed E-state index contributed by atoms with van der Waals surface area (Å²) >= 11 is 0. The Morgan fingerprint density at radius 1 is 0.906 bits per heavy atom. The number of hydrogen-bond donors (Lipinski definition) is 3. The molecule has 0 spiro atoms. The van der Waals surface area contributed by atoms with Crippen molar-refractivity contribution in [1.82, 2.24) is 16.0 Å². The van der Waals surface area contributed by atoms with Crippen molar-refractivity contribution in [3.05, 3.63) is 48.2 Å². The lowest BCUT2D eigenvalue weighted by Crippen LogP contribution is -2.54. The third-order valence-corrected chi connectivity index (χ3v) is 6.09. The number of benzene rings is 1. The summed E-state index contributed by atoms with van der Waals surface area (Å²) in [5.41, 5.74) is 2.01. The molecule has 0 aliphatic carbocycles. The van der Waals surface area contributed by atoms with E-state index in [0.717, 1.165) is 31.4 Å². The number of carbonyl (C=O) groups excluding carboxylic acids is 2. The second-order valence-electron chi connectivity index (χ2n) is 9.73. The summed E-state index contributed by atoms with van der Waals surface area (Å²) in [6, 6.07) is 9.66. The van der Waals surface area contributed by atoms with E-state index in [4.69, 9.17) is 0 Å². The van der Waals surface area contributed by atoms with Crippen LogP contribution in [0.15, 0.2) is 42.6 Å². The standard InChI is InChI=1S/C27H45N3O2/c1-9-19(4)25(27(32)29-23(8)22(7)28-21(6)17-18(2)3)30-26(31)20(5)15-16-24-13-11-10-12-14-24/h10-14,18-21,23,25,28H,7,9,15-17H2,1-6,8H3,(H,29,32)(H,30,31)/t19?,20-,21?,23?,25?/m0/s1. The van der Waals surface area contributed by atoms with Gasteiger partial charge in [0.05, 0.1) is 6.04 Å². The molecule has 0 radical (unpaired) electrons. The van der Waals surface area contributed by atoms with Gasteiger partial charge in [0.25, 0.3) is 0 Å². The van der Waals surface area contributed by atoms with Crippen LogP contribution >= 0.6 is 0 Å². The smallest absolute Gasteiger partial charge is 0.243 e. The number of carbonyl (C=O) groups is 2. The SMILES string of the molecule is C=C(NC(C)CC(C)C)C(C)NC(=O)C(NC(=O)[C@@H](C)CCc1ccccc1)C(C)CC. The zero-order valence-electron chi connectivity index (χ0n) is 21.2. The number of rotatable bonds is 14. The lowest BCUT2D eigenvalue weighted by molar-refractivity contribution is -0.132. The first-order chi connectivity index (χ1) is 15.0. The molecule has 1 aromatic carbocycles. The van der Waals surface area contributed by atoms with Crippen molar-refractivity contribution in [1.29, 1.82) is 0 Å². The van der Waals surface area contributed by atoms with E-state index in [1.165, 1.54) is 5.56 Å². The first-order valence-electron chi connectivity index (χ1n) is 12.1. The lowest BCUT2D eigenvalue weighted by Gasteiger charge is -2.28. The van der Waals surface area contributed by atoms with E-state index >= 15 is 0 Å². The van der Waals surface area contributed by atoms with Gasteiger partial charge in [0.1, 0.15) is 6.04 Å². The van der Waals surface area contributed by atoms with Crippen LogP contribution in [0.1, 0.15) is 73.3 Å². The maximum absolute atomic E-state index is 13.1. The average Bonchev–Trinajstić information content (AvgIpc) is 2.74. The molecule has 4 unspecified atom stereocenters. The molecule has 0 saturated heterocycles. The molecule has 0 bridgehead atoms. The zero-order chi connectivity index (χ0) is 24.3. The van der Waals surface area contributed by atoms with E-state index in [0.29, 0.717) is 5.92 Å². The number of amides is 2. The van der Waals surface area contributed by atoms with Crippen LogP contribution < -0.4 is 16.0 Å². The molecular formula is C27H45N3O2. The monoisotopic (exact) mass is 443 g/mol. The van der Waals surface area contributed by atoms with Crippen LogP contribution in [-0.2, 0) is 16.0 Å². The van der Waals surface area contributed by atoms with Crippen LogP contribution in [0.25, 0.3) is 0 Å². The van der Waals surface area contributed by atoms with Gasteiger partial charge in [0, 0.05) is 17.7 Å².